The number of phenolic OH excluding ortho intramolecular Hbond substituents is 1. The topological polar surface area (TPSA) is 179 Å². The van der Waals surface area contributed by atoms with Gasteiger partial charge in [-0.15, -0.1) is 0 Å². The molecule has 0 saturated heterocycles. The normalized spacial score (nSPS) is 27.8. The number of amides is 1. The van der Waals surface area contributed by atoms with Crippen LogP contribution in [0.4, 0.5) is 0 Å². The van der Waals surface area contributed by atoms with E-state index in [-0.39, 0.29) is 29.7 Å². The maximum atomic E-state index is 13.8. The van der Waals surface area contributed by atoms with Crippen LogP contribution in [0.2, 0.25) is 0 Å². The van der Waals surface area contributed by atoms with Gasteiger partial charge >= 0.3 is 0 Å². The smallest absolute Gasteiger partial charge is 0.255 e. The fourth-order valence-corrected chi connectivity index (χ4v) is 6.07. The molecule has 5 rings (SSSR count). The number of hydrogen-bond donors (Lipinski definition) is 5. The molecule has 0 spiro atoms. The lowest BCUT2D eigenvalue weighted by Gasteiger charge is -2.50. The third-order valence-electron chi connectivity index (χ3n) is 7.62. The van der Waals surface area contributed by atoms with Gasteiger partial charge in [0.2, 0.25) is 5.78 Å². The second-order valence-electron chi connectivity index (χ2n) is 9.85. The number of fused-ring (bicyclic) bond motifs is 3. The number of primary amides is 1. The molecule has 1 amide bonds. The van der Waals surface area contributed by atoms with Gasteiger partial charge in [-0.1, -0.05) is 6.07 Å². The molecule has 1 heterocycles. The van der Waals surface area contributed by atoms with Crippen molar-refractivity contribution >= 4 is 23.2 Å². The number of benzene rings is 1. The number of aryl methyl sites for hydroxylation is 1. The van der Waals surface area contributed by atoms with Gasteiger partial charge in [-0.3, -0.25) is 24.0 Å². The quantitative estimate of drug-likeness (QED) is 0.377. The van der Waals surface area contributed by atoms with Crippen molar-refractivity contribution in [3.63, 3.8) is 0 Å². The summed E-state index contributed by atoms with van der Waals surface area (Å²) < 4.78 is 1.61. The predicted molar refractivity (Wildman–Crippen MR) is 126 cm³/mol. The van der Waals surface area contributed by atoms with Crippen molar-refractivity contribution in [3.8, 4) is 16.9 Å². The Balaban J connectivity index is 1.75. The zero-order valence-electron chi connectivity index (χ0n) is 19.9. The number of Topliss-reactive ketones (excluding diaryl/α,β-unsaturated/α-hetero) is 2. The fraction of sp³-hybridized carbons (Fsp3) is 0.360. The van der Waals surface area contributed by atoms with Gasteiger partial charge in [0, 0.05) is 30.3 Å². The van der Waals surface area contributed by atoms with E-state index in [0.29, 0.717) is 11.1 Å². The highest BCUT2D eigenvalue weighted by atomic mass is 16.3. The minimum atomic E-state index is -2.65. The molecule has 6 N–H and O–H groups in total. The Labute approximate surface area is 205 Å². The summed E-state index contributed by atoms with van der Waals surface area (Å²) in [7, 11) is 4.88. The van der Waals surface area contributed by atoms with Crippen LogP contribution in [-0.4, -0.2) is 78.3 Å². The second kappa shape index (κ2) is 7.77. The van der Waals surface area contributed by atoms with E-state index in [1.807, 2.05) is 0 Å². The molecule has 4 atom stereocenters. The summed E-state index contributed by atoms with van der Waals surface area (Å²) in [4.78, 5) is 40.5. The summed E-state index contributed by atoms with van der Waals surface area (Å²) in [5.74, 6) is -6.71. The Hall–Kier alpha value is -3.96. The first-order valence-corrected chi connectivity index (χ1v) is 11.4. The van der Waals surface area contributed by atoms with Gasteiger partial charge in [-0.2, -0.15) is 5.10 Å². The average molecular weight is 495 g/mol. The Bertz CT molecular complexity index is 1420. The summed E-state index contributed by atoms with van der Waals surface area (Å²) in [6.07, 6.45) is 3.68. The lowest BCUT2D eigenvalue weighted by Crippen LogP contribution is -2.65. The Morgan fingerprint density at radius 3 is 2.50 bits per heavy atom. The van der Waals surface area contributed by atoms with Gasteiger partial charge in [0.15, 0.2) is 11.4 Å². The van der Waals surface area contributed by atoms with Crippen LogP contribution in [0.15, 0.2) is 41.4 Å². The van der Waals surface area contributed by atoms with Crippen molar-refractivity contribution in [1.82, 2.24) is 14.7 Å². The highest BCUT2D eigenvalue weighted by molar-refractivity contribution is 6.24. The van der Waals surface area contributed by atoms with Crippen molar-refractivity contribution < 1.29 is 34.8 Å². The van der Waals surface area contributed by atoms with Crippen LogP contribution in [0.3, 0.4) is 0 Å². The maximum Gasteiger partial charge on any atom is 0.255 e. The van der Waals surface area contributed by atoms with Gasteiger partial charge < -0.3 is 26.2 Å². The van der Waals surface area contributed by atoms with E-state index in [4.69, 9.17) is 5.73 Å². The molecule has 36 heavy (non-hydrogen) atoms. The molecule has 0 aliphatic heterocycles. The summed E-state index contributed by atoms with van der Waals surface area (Å²) in [5, 5.41) is 48.6. The molecular weight excluding hydrogens is 468 g/mol. The highest BCUT2D eigenvalue weighted by Crippen LogP contribution is 2.53. The third kappa shape index (κ3) is 2.99. The van der Waals surface area contributed by atoms with Crippen molar-refractivity contribution in [3.05, 3.63) is 52.6 Å². The summed E-state index contributed by atoms with van der Waals surface area (Å²) >= 11 is 0. The number of rotatable bonds is 3. The molecule has 1 aromatic heterocycles. The lowest BCUT2D eigenvalue weighted by atomic mass is 9.57. The van der Waals surface area contributed by atoms with Crippen molar-refractivity contribution in [1.29, 1.82) is 0 Å². The van der Waals surface area contributed by atoms with Gasteiger partial charge in [-0.05, 0) is 50.0 Å². The van der Waals surface area contributed by atoms with Crippen LogP contribution in [0.5, 0.6) is 5.75 Å². The third-order valence-corrected chi connectivity index (χ3v) is 7.62. The predicted octanol–water partition coefficient (Wildman–Crippen LogP) is 0.365. The number of aromatic nitrogens is 2. The molecule has 3 aliphatic carbocycles. The van der Waals surface area contributed by atoms with Crippen LogP contribution < -0.4 is 5.73 Å². The Morgan fingerprint density at radius 1 is 1.22 bits per heavy atom. The van der Waals surface area contributed by atoms with Crippen LogP contribution in [0, 0.1) is 11.8 Å². The minimum Gasteiger partial charge on any atom is -0.508 e. The maximum absolute atomic E-state index is 13.8. The summed E-state index contributed by atoms with van der Waals surface area (Å²) in [6.45, 7) is 0. The number of hydrogen-bond acceptors (Lipinski definition) is 9. The number of nitrogens with zero attached hydrogens (tertiary/aromatic N) is 3. The number of nitrogens with two attached hydrogens (primary N) is 1. The molecule has 11 nitrogen and oxygen atoms in total. The zero-order valence-corrected chi connectivity index (χ0v) is 19.9. The van der Waals surface area contributed by atoms with Crippen molar-refractivity contribution in [2.45, 2.75) is 24.5 Å². The van der Waals surface area contributed by atoms with E-state index >= 15 is 0 Å². The number of phenols is 1. The number of likely N-dealkylation sites (N-methyl/N-ethyl adjacent to an activating group) is 1. The van der Waals surface area contributed by atoms with Crippen LogP contribution in [0.1, 0.15) is 17.5 Å². The number of carbonyl (C=O) groups excluding carboxylic acids is 3. The zero-order chi connectivity index (χ0) is 26.3. The van der Waals surface area contributed by atoms with Gasteiger partial charge in [0.25, 0.3) is 5.91 Å². The largest absolute Gasteiger partial charge is 0.508 e. The first-order valence-electron chi connectivity index (χ1n) is 11.4. The molecular formula is C25H26N4O7. The SMILES string of the molecule is CN(C)[C@@H]1C(=O)C(C(N)=O)=C(O)[C@@]2(O)C(=O)C3=C(O)c4c(O)ccc(-c5cnn(C)c5)c4C[C@H]3C[C@@H]12. The molecule has 1 aromatic carbocycles. The standard InChI is InChI=1S/C25H26N4O7/c1-28(2)19-14-7-10-6-13-12(11-8-27-29(3)9-11)4-5-15(30)17(13)20(31)16(10)22(33)25(14,36)23(34)18(21(19)32)24(26)35/h4-5,8-10,14,19,30-31,34,36H,6-7H2,1-3H3,(H2,26,35)/t10-,14-,19-,25-/m0/s1. The molecule has 188 valence electrons. The van der Waals surface area contributed by atoms with E-state index in [1.165, 1.54) is 11.0 Å². The van der Waals surface area contributed by atoms with Crippen molar-refractivity contribution in [2.24, 2.45) is 24.6 Å². The van der Waals surface area contributed by atoms with E-state index in [2.05, 4.69) is 5.10 Å². The minimum absolute atomic E-state index is 0.0356. The average Bonchev–Trinajstić information content (AvgIpc) is 3.22. The summed E-state index contributed by atoms with van der Waals surface area (Å²) in [6, 6.07) is 1.97. The second-order valence-corrected chi connectivity index (χ2v) is 9.85. The first-order chi connectivity index (χ1) is 16.9. The van der Waals surface area contributed by atoms with Crippen LogP contribution in [0.25, 0.3) is 16.9 Å². The molecule has 1 fully saturated rings. The monoisotopic (exact) mass is 494 g/mol. The fourth-order valence-electron chi connectivity index (χ4n) is 6.07. The molecule has 2 aromatic rings. The summed E-state index contributed by atoms with van der Waals surface area (Å²) in [5.41, 5.74) is 3.76. The molecule has 0 radical (unpaired) electrons. The lowest BCUT2D eigenvalue weighted by molar-refractivity contribution is -0.153. The van der Waals surface area contributed by atoms with E-state index < -0.39 is 58.0 Å². The number of aliphatic hydroxyl groups is 3. The van der Waals surface area contributed by atoms with Crippen LogP contribution in [-0.2, 0) is 27.9 Å². The van der Waals surface area contributed by atoms with Crippen LogP contribution >= 0.6 is 0 Å². The highest BCUT2D eigenvalue weighted by Gasteiger charge is 2.64. The van der Waals surface area contributed by atoms with Gasteiger partial charge in [0.1, 0.15) is 22.8 Å². The molecule has 11 heteroatoms. The molecule has 1 saturated carbocycles. The Kier molecular flexibility index (Phi) is 5.13. The van der Waals surface area contributed by atoms with Gasteiger partial charge in [0.05, 0.1) is 17.8 Å². The molecule has 0 bridgehead atoms. The van der Waals surface area contributed by atoms with Crippen molar-refractivity contribution in [2.75, 3.05) is 14.1 Å². The number of aromatic hydroxyl groups is 1. The molecule has 0 unspecified atom stereocenters. The first kappa shape index (κ1) is 23.8. The van der Waals surface area contributed by atoms with E-state index in [1.54, 1.807) is 44.3 Å². The molecule has 3 aliphatic rings. The number of ketones is 2. The number of carbonyl (C=O) groups is 3. The van der Waals surface area contributed by atoms with E-state index in [9.17, 15) is 34.8 Å². The van der Waals surface area contributed by atoms with Gasteiger partial charge in [-0.25, -0.2) is 0 Å². The van der Waals surface area contributed by atoms with E-state index in [0.717, 1.165) is 5.56 Å². The number of aliphatic hydroxyl groups excluding tert-OH is 2. The Morgan fingerprint density at radius 2 is 1.92 bits per heavy atom.